The normalized spacial score (nSPS) is 17.6. The summed E-state index contributed by atoms with van der Waals surface area (Å²) in [5.41, 5.74) is 6.26. The molecule has 2 rings (SSSR count). The number of fused-ring (bicyclic) bond motifs is 1. The Kier molecular flexibility index (Phi) is 3.08. The minimum absolute atomic E-state index is 0.161. The number of aldehydes is 1. The number of hydrogen-bond acceptors (Lipinski definition) is 3. The third-order valence-electron chi connectivity index (χ3n) is 2.78. The maximum atomic E-state index is 13.7. The van der Waals surface area contributed by atoms with Gasteiger partial charge in [0, 0.05) is 12.0 Å². The van der Waals surface area contributed by atoms with Gasteiger partial charge in [-0.25, -0.2) is 4.39 Å². The average molecular weight is 237 g/mol. The van der Waals surface area contributed by atoms with Crippen molar-refractivity contribution in [3.8, 4) is 5.75 Å². The van der Waals surface area contributed by atoms with Gasteiger partial charge in [0.1, 0.15) is 17.9 Å². The number of rotatable bonds is 4. The van der Waals surface area contributed by atoms with Gasteiger partial charge in [-0.15, -0.1) is 0 Å². The van der Waals surface area contributed by atoms with Crippen LogP contribution in [0.15, 0.2) is 12.1 Å². The summed E-state index contributed by atoms with van der Waals surface area (Å²) >= 11 is 0. The summed E-state index contributed by atoms with van der Waals surface area (Å²) in [6.45, 7) is -0.282. The van der Waals surface area contributed by atoms with E-state index >= 15 is 0 Å². The molecule has 0 spiro atoms. The molecule has 0 radical (unpaired) electrons. The fourth-order valence-corrected chi connectivity index (χ4v) is 2.03. The van der Waals surface area contributed by atoms with Crippen LogP contribution in [0.25, 0.3) is 0 Å². The maximum absolute atomic E-state index is 13.7. The van der Waals surface area contributed by atoms with Crippen molar-refractivity contribution < 1.29 is 18.7 Å². The number of hydrogen-bond donors (Lipinski definition) is 1. The van der Waals surface area contributed by atoms with Crippen molar-refractivity contribution in [2.45, 2.75) is 12.8 Å². The number of amides is 1. The summed E-state index contributed by atoms with van der Waals surface area (Å²) in [7, 11) is 0. The second kappa shape index (κ2) is 4.53. The molecule has 1 unspecified atom stereocenters. The van der Waals surface area contributed by atoms with E-state index in [0.717, 1.165) is 11.8 Å². The number of nitrogens with two attached hydrogens (primary N) is 1. The van der Waals surface area contributed by atoms with Crippen LogP contribution in [0.1, 0.15) is 11.1 Å². The van der Waals surface area contributed by atoms with E-state index in [0.29, 0.717) is 18.4 Å². The van der Waals surface area contributed by atoms with E-state index in [4.69, 9.17) is 10.5 Å². The van der Waals surface area contributed by atoms with E-state index in [1.165, 1.54) is 6.07 Å². The topological polar surface area (TPSA) is 69.4 Å². The Morgan fingerprint density at radius 1 is 1.53 bits per heavy atom. The van der Waals surface area contributed by atoms with Crippen LogP contribution >= 0.6 is 0 Å². The fourth-order valence-electron chi connectivity index (χ4n) is 2.03. The molecule has 0 saturated carbocycles. The lowest BCUT2D eigenvalue weighted by molar-refractivity contribution is -0.120. The highest BCUT2D eigenvalue weighted by Crippen LogP contribution is 2.31. The lowest BCUT2D eigenvalue weighted by Crippen LogP contribution is -2.20. The Morgan fingerprint density at radius 2 is 2.29 bits per heavy atom. The summed E-state index contributed by atoms with van der Waals surface area (Å²) in [6.07, 6.45) is 1.79. The second-order valence-corrected chi connectivity index (χ2v) is 4.10. The monoisotopic (exact) mass is 237 g/mol. The predicted molar refractivity (Wildman–Crippen MR) is 58.1 cm³/mol. The molecule has 0 fully saturated rings. The lowest BCUT2D eigenvalue weighted by Gasteiger charge is -2.07. The number of carbonyl (C=O) groups excluding carboxylic acids is 2. The molecule has 1 atom stereocenters. The van der Waals surface area contributed by atoms with Crippen molar-refractivity contribution in [1.29, 1.82) is 0 Å². The number of primary amides is 1. The minimum atomic E-state index is -0.614. The number of benzene rings is 1. The van der Waals surface area contributed by atoms with Crippen LogP contribution in [-0.4, -0.2) is 18.8 Å². The average Bonchev–Trinajstić information content (AvgIpc) is 2.70. The highest BCUT2D eigenvalue weighted by Gasteiger charge is 2.24. The molecule has 0 bridgehead atoms. The van der Waals surface area contributed by atoms with E-state index in [1.54, 1.807) is 6.07 Å². The van der Waals surface area contributed by atoms with E-state index in [1.807, 2.05) is 0 Å². The standard InChI is InChI=1S/C12H12FNO3/c13-11-4-9(17-6-12(14)16)3-8-1-7(5-15)2-10(8)11/h3-5,7H,1-2,6H2,(H2,14,16). The molecular weight excluding hydrogens is 225 g/mol. The van der Waals surface area contributed by atoms with Gasteiger partial charge in [0.25, 0.3) is 5.91 Å². The van der Waals surface area contributed by atoms with Gasteiger partial charge in [0.15, 0.2) is 6.61 Å². The molecule has 1 aliphatic carbocycles. The van der Waals surface area contributed by atoms with Crippen LogP contribution in [-0.2, 0) is 22.4 Å². The molecule has 1 aromatic rings. The van der Waals surface area contributed by atoms with E-state index in [2.05, 4.69) is 0 Å². The predicted octanol–water partition coefficient (Wildman–Crippen LogP) is 0.603. The molecule has 1 amide bonds. The van der Waals surface area contributed by atoms with Crippen molar-refractivity contribution in [3.63, 3.8) is 0 Å². The molecule has 0 aliphatic heterocycles. The molecule has 5 heteroatoms. The minimum Gasteiger partial charge on any atom is -0.484 e. The number of halogens is 1. The third kappa shape index (κ3) is 2.43. The lowest BCUT2D eigenvalue weighted by atomic mass is 10.1. The molecule has 2 N–H and O–H groups in total. The molecule has 90 valence electrons. The Balaban J connectivity index is 2.21. The van der Waals surface area contributed by atoms with Crippen molar-refractivity contribution in [3.05, 3.63) is 29.1 Å². The van der Waals surface area contributed by atoms with Gasteiger partial charge >= 0.3 is 0 Å². The first-order chi connectivity index (χ1) is 8.10. The van der Waals surface area contributed by atoms with Gasteiger partial charge in [0.2, 0.25) is 0 Å². The smallest absolute Gasteiger partial charge is 0.255 e. The van der Waals surface area contributed by atoms with Crippen molar-refractivity contribution in [1.82, 2.24) is 0 Å². The zero-order chi connectivity index (χ0) is 12.4. The Morgan fingerprint density at radius 3 is 2.94 bits per heavy atom. The first-order valence-electron chi connectivity index (χ1n) is 5.28. The van der Waals surface area contributed by atoms with Crippen LogP contribution in [0.4, 0.5) is 4.39 Å². The summed E-state index contributed by atoms with van der Waals surface area (Å²) in [6, 6.07) is 2.87. The summed E-state index contributed by atoms with van der Waals surface area (Å²) < 4.78 is 18.7. The Bertz CT molecular complexity index is 473. The molecule has 17 heavy (non-hydrogen) atoms. The molecule has 1 aliphatic rings. The van der Waals surface area contributed by atoms with Gasteiger partial charge in [-0.2, -0.15) is 0 Å². The van der Waals surface area contributed by atoms with Crippen molar-refractivity contribution in [2.24, 2.45) is 11.7 Å². The molecule has 4 nitrogen and oxygen atoms in total. The van der Waals surface area contributed by atoms with Gasteiger partial charge in [0.05, 0.1) is 0 Å². The van der Waals surface area contributed by atoms with Crippen molar-refractivity contribution >= 4 is 12.2 Å². The van der Waals surface area contributed by atoms with E-state index < -0.39 is 11.7 Å². The number of carbonyl (C=O) groups is 2. The molecular formula is C12H12FNO3. The molecule has 0 heterocycles. The quantitative estimate of drug-likeness (QED) is 0.780. The maximum Gasteiger partial charge on any atom is 0.255 e. The van der Waals surface area contributed by atoms with Gasteiger partial charge in [-0.1, -0.05) is 0 Å². The summed E-state index contributed by atoms with van der Waals surface area (Å²) in [5.74, 6) is -0.902. The Labute approximate surface area is 97.6 Å². The molecule has 0 saturated heterocycles. The Hall–Kier alpha value is -1.91. The highest BCUT2D eigenvalue weighted by molar-refractivity contribution is 5.75. The number of ether oxygens (including phenoxy) is 1. The first kappa shape index (κ1) is 11.6. The molecule has 1 aromatic carbocycles. The summed E-state index contributed by atoms with van der Waals surface area (Å²) in [4.78, 5) is 21.2. The van der Waals surface area contributed by atoms with Crippen LogP contribution in [0, 0.1) is 11.7 Å². The van der Waals surface area contributed by atoms with Crippen LogP contribution in [0.2, 0.25) is 0 Å². The van der Waals surface area contributed by atoms with Gasteiger partial charge < -0.3 is 15.3 Å². The third-order valence-corrected chi connectivity index (χ3v) is 2.78. The van der Waals surface area contributed by atoms with E-state index in [9.17, 15) is 14.0 Å². The fraction of sp³-hybridized carbons (Fsp3) is 0.333. The largest absolute Gasteiger partial charge is 0.484 e. The molecule has 0 aromatic heterocycles. The van der Waals surface area contributed by atoms with Gasteiger partial charge in [-0.05, 0) is 30.0 Å². The van der Waals surface area contributed by atoms with Crippen LogP contribution in [0.3, 0.4) is 0 Å². The SMILES string of the molecule is NC(=O)COc1cc(F)c2c(c1)CC(C=O)C2. The first-order valence-corrected chi connectivity index (χ1v) is 5.28. The summed E-state index contributed by atoms with van der Waals surface area (Å²) in [5, 5.41) is 0. The zero-order valence-electron chi connectivity index (χ0n) is 9.11. The van der Waals surface area contributed by atoms with Crippen LogP contribution < -0.4 is 10.5 Å². The van der Waals surface area contributed by atoms with Gasteiger partial charge in [-0.3, -0.25) is 4.79 Å². The van der Waals surface area contributed by atoms with E-state index in [-0.39, 0.29) is 18.3 Å². The van der Waals surface area contributed by atoms with Crippen LogP contribution in [0.5, 0.6) is 5.75 Å². The zero-order valence-corrected chi connectivity index (χ0v) is 9.11. The van der Waals surface area contributed by atoms with Crippen molar-refractivity contribution in [2.75, 3.05) is 6.61 Å². The highest BCUT2D eigenvalue weighted by atomic mass is 19.1. The second-order valence-electron chi connectivity index (χ2n) is 4.10.